The molecule has 0 aromatic carbocycles. The highest BCUT2D eigenvalue weighted by atomic mass is 16.1. The summed E-state index contributed by atoms with van der Waals surface area (Å²) in [5.41, 5.74) is 0. The van der Waals surface area contributed by atoms with Crippen LogP contribution in [0.15, 0.2) is 12.2 Å². The molecule has 2 heteroatoms. The van der Waals surface area contributed by atoms with Crippen molar-refractivity contribution in [2.45, 2.75) is 19.2 Å². The van der Waals surface area contributed by atoms with Gasteiger partial charge in [0.05, 0.1) is 7.85 Å². The lowest BCUT2D eigenvalue weighted by Gasteiger charge is -2.13. The minimum atomic E-state index is 0.106. The molecule has 1 aliphatic rings. The zero-order valence-corrected chi connectivity index (χ0v) is 5.34. The van der Waals surface area contributed by atoms with E-state index >= 15 is 0 Å². The van der Waals surface area contributed by atoms with E-state index in [-0.39, 0.29) is 11.7 Å². The monoisotopic (exact) mass is 120 g/mol. The molecule has 1 unspecified atom stereocenters. The highest BCUT2D eigenvalue weighted by Gasteiger charge is 2.14. The van der Waals surface area contributed by atoms with E-state index in [1.165, 1.54) is 0 Å². The molecule has 1 aliphatic carbocycles. The molecule has 0 heterocycles. The van der Waals surface area contributed by atoms with Gasteiger partial charge in [0.15, 0.2) is 5.78 Å². The average Bonchev–Trinajstić information content (AvgIpc) is 1.89. The molecule has 1 rings (SSSR count). The number of ketones is 1. The molecule has 0 bridgehead atoms. The van der Waals surface area contributed by atoms with Crippen LogP contribution in [0, 0.1) is 5.92 Å². The van der Waals surface area contributed by atoms with Crippen LogP contribution >= 0.6 is 0 Å². The van der Waals surface area contributed by atoms with Crippen LogP contribution in [0.2, 0.25) is 6.32 Å². The van der Waals surface area contributed by atoms with Crippen LogP contribution in [0.1, 0.15) is 12.8 Å². The number of hydrogen-bond acceptors (Lipinski definition) is 1. The number of allylic oxidation sites excluding steroid dienone is 2. The lowest BCUT2D eigenvalue weighted by molar-refractivity contribution is -0.118. The average molecular weight is 120 g/mol. The maximum absolute atomic E-state index is 10.9. The van der Waals surface area contributed by atoms with Crippen LogP contribution in [0.5, 0.6) is 0 Å². The van der Waals surface area contributed by atoms with Gasteiger partial charge >= 0.3 is 0 Å². The van der Waals surface area contributed by atoms with Crippen molar-refractivity contribution in [2.24, 2.45) is 5.92 Å². The maximum Gasteiger partial charge on any atom is 0.157 e. The minimum Gasteiger partial charge on any atom is -0.295 e. The van der Waals surface area contributed by atoms with Gasteiger partial charge in [-0.1, -0.05) is 12.4 Å². The van der Waals surface area contributed by atoms with E-state index in [0.717, 1.165) is 12.8 Å². The van der Waals surface area contributed by atoms with Crippen molar-refractivity contribution >= 4 is 13.6 Å². The summed E-state index contributed by atoms with van der Waals surface area (Å²) in [6.45, 7) is 0. The van der Waals surface area contributed by atoms with Gasteiger partial charge in [-0.05, 0) is 18.9 Å². The first-order valence-corrected chi connectivity index (χ1v) is 3.25. The fourth-order valence-corrected chi connectivity index (χ4v) is 1.01. The smallest absolute Gasteiger partial charge is 0.157 e. The van der Waals surface area contributed by atoms with E-state index in [4.69, 9.17) is 7.85 Å². The van der Waals surface area contributed by atoms with Crippen LogP contribution in [-0.2, 0) is 4.79 Å². The third-order valence-corrected chi connectivity index (χ3v) is 1.65. The minimum absolute atomic E-state index is 0.106. The van der Waals surface area contributed by atoms with Crippen LogP contribution in [-0.4, -0.2) is 13.6 Å². The molecule has 0 spiro atoms. The molecule has 0 fully saturated rings. The van der Waals surface area contributed by atoms with E-state index in [2.05, 4.69) is 0 Å². The summed E-state index contributed by atoms with van der Waals surface area (Å²) in [6, 6.07) is 0. The second-order valence-electron chi connectivity index (χ2n) is 2.31. The molecule has 1 nitrogen and oxygen atoms in total. The Kier molecular flexibility index (Phi) is 2.09. The van der Waals surface area contributed by atoms with E-state index in [1.807, 2.05) is 6.08 Å². The fourth-order valence-electron chi connectivity index (χ4n) is 1.01. The van der Waals surface area contributed by atoms with Crippen molar-refractivity contribution in [3.05, 3.63) is 12.2 Å². The molecule has 9 heavy (non-hydrogen) atoms. The van der Waals surface area contributed by atoms with Gasteiger partial charge < -0.3 is 0 Å². The van der Waals surface area contributed by atoms with Crippen molar-refractivity contribution in [1.82, 2.24) is 0 Å². The SMILES string of the molecule is [B]CC1CCC=CC1=O. The standard InChI is InChI=1S/C7H9BO/c8-5-6-3-1-2-4-7(6)9/h2,4,6H,1,3,5H2. The third kappa shape index (κ3) is 1.44. The van der Waals surface area contributed by atoms with Gasteiger partial charge in [-0.25, -0.2) is 0 Å². The maximum atomic E-state index is 10.9. The van der Waals surface area contributed by atoms with Gasteiger partial charge in [0, 0.05) is 5.92 Å². The quantitative estimate of drug-likeness (QED) is 0.473. The van der Waals surface area contributed by atoms with Gasteiger partial charge in [0.1, 0.15) is 0 Å². The van der Waals surface area contributed by atoms with Gasteiger partial charge in [-0.2, -0.15) is 0 Å². The molecule has 0 aliphatic heterocycles. The Morgan fingerprint density at radius 3 is 3.00 bits per heavy atom. The molecular weight excluding hydrogens is 111 g/mol. The van der Waals surface area contributed by atoms with Crippen molar-refractivity contribution in [2.75, 3.05) is 0 Å². The van der Waals surface area contributed by atoms with Crippen molar-refractivity contribution < 1.29 is 4.79 Å². The summed E-state index contributed by atoms with van der Waals surface area (Å²) in [7, 11) is 5.34. The first-order chi connectivity index (χ1) is 4.34. The molecule has 2 radical (unpaired) electrons. The number of hydrogen-bond donors (Lipinski definition) is 0. The molecule has 46 valence electrons. The first-order valence-electron chi connectivity index (χ1n) is 3.25. The molecule has 0 aromatic heterocycles. The van der Waals surface area contributed by atoms with Gasteiger partial charge in [-0.15, -0.1) is 0 Å². The summed E-state index contributed by atoms with van der Waals surface area (Å²) >= 11 is 0. The normalized spacial score (nSPS) is 26.7. The van der Waals surface area contributed by atoms with Gasteiger partial charge in [-0.3, -0.25) is 4.79 Å². The molecule has 0 N–H and O–H groups in total. The predicted molar refractivity (Wildman–Crippen MR) is 37.4 cm³/mol. The van der Waals surface area contributed by atoms with Gasteiger partial charge in [0.2, 0.25) is 0 Å². The predicted octanol–water partition coefficient (Wildman–Crippen LogP) is 1.11. The Labute approximate surface area is 56.5 Å². The third-order valence-electron chi connectivity index (χ3n) is 1.65. The van der Waals surface area contributed by atoms with Crippen molar-refractivity contribution in [1.29, 1.82) is 0 Å². The Morgan fingerprint density at radius 2 is 2.56 bits per heavy atom. The summed E-state index contributed by atoms with van der Waals surface area (Å²) in [6.07, 6.45) is 6.00. The zero-order chi connectivity index (χ0) is 6.69. The van der Waals surface area contributed by atoms with E-state index in [1.54, 1.807) is 6.08 Å². The highest BCUT2D eigenvalue weighted by Crippen LogP contribution is 2.16. The summed E-state index contributed by atoms with van der Waals surface area (Å²) in [4.78, 5) is 10.9. The van der Waals surface area contributed by atoms with Crippen LogP contribution in [0.4, 0.5) is 0 Å². The second-order valence-corrected chi connectivity index (χ2v) is 2.31. The summed E-state index contributed by atoms with van der Waals surface area (Å²) < 4.78 is 0. The Bertz CT molecular complexity index is 140. The number of carbonyl (C=O) groups excluding carboxylic acids is 1. The van der Waals surface area contributed by atoms with E-state index < -0.39 is 0 Å². The van der Waals surface area contributed by atoms with Gasteiger partial charge in [0.25, 0.3) is 0 Å². The lowest BCUT2D eigenvalue weighted by atomic mass is 9.82. The number of rotatable bonds is 1. The van der Waals surface area contributed by atoms with E-state index in [9.17, 15) is 4.79 Å². The Hall–Kier alpha value is -0.525. The summed E-state index contributed by atoms with van der Waals surface area (Å²) in [5.74, 6) is 0.304. The molecule has 0 aromatic rings. The molecule has 1 atom stereocenters. The topological polar surface area (TPSA) is 17.1 Å². The Balaban J connectivity index is 2.55. The lowest BCUT2D eigenvalue weighted by Crippen LogP contribution is -2.13. The fraction of sp³-hybridized carbons (Fsp3) is 0.571. The zero-order valence-electron chi connectivity index (χ0n) is 5.34. The molecule has 0 saturated carbocycles. The van der Waals surface area contributed by atoms with Crippen LogP contribution in [0.3, 0.4) is 0 Å². The molecule has 0 amide bonds. The highest BCUT2D eigenvalue weighted by molar-refractivity contribution is 6.11. The Morgan fingerprint density at radius 1 is 1.78 bits per heavy atom. The number of carbonyl (C=O) groups is 1. The van der Waals surface area contributed by atoms with Crippen molar-refractivity contribution in [3.63, 3.8) is 0 Å². The summed E-state index contributed by atoms with van der Waals surface area (Å²) in [5, 5.41) is 0. The van der Waals surface area contributed by atoms with Crippen molar-refractivity contribution in [3.8, 4) is 0 Å². The molecular formula is C7H9BO. The largest absolute Gasteiger partial charge is 0.295 e. The van der Waals surface area contributed by atoms with Crippen LogP contribution in [0.25, 0.3) is 0 Å². The molecule has 0 saturated heterocycles. The van der Waals surface area contributed by atoms with Crippen LogP contribution < -0.4 is 0 Å². The second kappa shape index (κ2) is 2.86. The van der Waals surface area contributed by atoms with E-state index in [0.29, 0.717) is 6.32 Å². The first kappa shape index (κ1) is 6.59.